The number of methoxy groups -OCH3 is 1. The zero-order valence-electron chi connectivity index (χ0n) is 16.0. The first kappa shape index (κ1) is 19.2. The van der Waals surface area contributed by atoms with E-state index in [1.54, 1.807) is 55.8 Å². The maximum Gasteiger partial charge on any atom is 0.331 e. The fourth-order valence-corrected chi connectivity index (χ4v) is 4.26. The molecule has 0 aliphatic carbocycles. The molecule has 0 spiro atoms. The summed E-state index contributed by atoms with van der Waals surface area (Å²) < 4.78 is 20.1. The summed E-state index contributed by atoms with van der Waals surface area (Å²) >= 11 is -1.60. The van der Waals surface area contributed by atoms with Gasteiger partial charge in [0, 0.05) is 29.0 Å². The molecule has 146 valence electrons. The summed E-state index contributed by atoms with van der Waals surface area (Å²) in [4.78, 5) is 22.1. The van der Waals surface area contributed by atoms with Gasteiger partial charge in [0.15, 0.2) is 5.75 Å². The van der Waals surface area contributed by atoms with E-state index in [0.29, 0.717) is 28.0 Å². The Hall–Kier alpha value is -3.16. The largest absolute Gasteiger partial charge is 0.609 e. The Labute approximate surface area is 171 Å². The van der Waals surface area contributed by atoms with Crippen molar-refractivity contribution in [1.29, 1.82) is 0 Å². The van der Waals surface area contributed by atoms with Gasteiger partial charge in [-0.2, -0.15) is 4.98 Å². The first-order valence-corrected chi connectivity index (χ1v) is 10.4. The Bertz CT molecular complexity index is 1230. The van der Waals surface area contributed by atoms with Gasteiger partial charge in [0.05, 0.1) is 29.4 Å². The van der Waals surface area contributed by atoms with E-state index < -0.39 is 11.2 Å². The Balaban J connectivity index is 1.85. The second kappa shape index (κ2) is 8.06. The molecule has 0 saturated carbocycles. The summed E-state index contributed by atoms with van der Waals surface area (Å²) in [6.45, 7) is 1.89. The highest BCUT2D eigenvalue weighted by molar-refractivity contribution is 7.90. The van der Waals surface area contributed by atoms with Gasteiger partial charge in [-0.3, -0.25) is 9.78 Å². The minimum atomic E-state index is -1.60. The van der Waals surface area contributed by atoms with Crippen molar-refractivity contribution in [3.05, 3.63) is 88.5 Å². The second-order valence-corrected chi connectivity index (χ2v) is 7.87. The summed E-state index contributed by atoms with van der Waals surface area (Å²) in [6, 6.07) is 18.0. The molecule has 0 aliphatic rings. The van der Waals surface area contributed by atoms with Crippen molar-refractivity contribution in [3.63, 3.8) is 0 Å². The predicted molar refractivity (Wildman–Crippen MR) is 113 cm³/mol. The normalized spacial score (nSPS) is 12.1. The molecule has 0 saturated heterocycles. The van der Waals surface area contributed by atoms with Crippen molar-refractivity contribution in [2.24, 2.45) is 0 Å². The zero-order valence-corrected chi connectivity index (χ0v) is 16.8. The lowest BCUT2D eigenvalue weighted by Gasteiger charge is -2.16. The molecule has 0 aliphatic heterocycles. The van der Waals surface area contributed by atoms with Gasteiger partial charge < -0.3 is 9.29 Å². The van der Waals surface area contributed by atoms with E-state index >= 15 is 0 Å². The maximum atomic E-state index is 13.3. The number of ether oxygens (including phenoxy) is 1. The Morgan fingerprint density at radius 1 is 1.10 bits per heavy atom. The zero-order chi connectivity index (χ0) is 20.4. The van der Waals surface area contributed by atoms with E-state index in [1.807, 2.05) is 25.1 Å². The lowest BCUT2D eigenvalue weighted by molar-refractivity contribution is 0.410. The number of aromatic nitrogens is 3. The maximum absolute atomic E-state index is 13.3. The van der Waals surface area contributed by atoms with Crippen LogP contribution in [0.3, 0.4) is 0 Å². The molecular formula is C22H19N3O3S. The lowest BCUT2D eigenvalue weighted by Crippen LogP contribution is -2.27. The van der Waals surface area contributed by atoms with Crippen molar-refractivity contribution in [3.8, 4) is 11.4 Å². The van der Waals surface area contributed by atoms with Crippen LogP contribution in [-0.2, 0) is 16.9 Å². The number of hydrogen-bond donors (Lipinski definition) is 0. The monoisotopic (exact) mass is 405 g/mol. The molecule has 29 heavy (non-hydrogen) atoms. The van der Waals surface area contributed by atoms with Crippen molar-refractivity contribution >= 4 is 22.1 Å². The van der Waals surface area contributed by atoms with Gasteiger partial charge in [-0.1, -0.05) is 30.3 Å². The molecule has 4 aromatic rings. The quantitative estimate of drug-likeness (QED) is 0.375. The fourth-order valence-electron chi connectivity index (χ4n) is 3.11. The topological polar surface area (TPSA) is 80.1 Å². The lowest BCUT2D eigenvalue weighted by atomic mass is 10.2. The van der Waals surface area contributed by atoms with E-state index in [9.17, 15) is 9.35 Å². The summed E-state index contributed by atoms with van der Waals surface area (Å²) in [6.07, 6.45) is 1.68. The van der Waals surface area contributed by atoms with Gasteiger partial charge in [0.2, 0.25) is 0 Å². The minimum absolute atomic E-state index is 0.119. The molecule has 4 rings (SSSR count). The predicted octanol–water partition coefficient (Wildman–Crippen LogP) is 3.41. The average Bonchev–Trinajstić information content (AvgIpc) is 2.75. The molecule has 0 radical (unpaired) electrons. The van der Waals surface area contributed by atoms with Gasteiger partial charge in [0.1, 0.15) is 5.75 Å². The first-order valence-electron chi connectivity index (χ1n) is 9.03. The number of hydrogen-bond acceptors (Lipinski definition) is 5. The third-order valence-corrected chi connectivity index (χ3v) is 5.81. The van der Waals surface area contributed by atoms with E-state index in [2.05, 4.69) is 9.97 Å². The van der Waals surface area contributed by atoms with Crippen LogP contribution in [-0.4, -0.2) is 26.2 Å². The van der Waals surface area contributed by atoms with Crippen LogP contribution < -0.4 is 10.3 Å². The number of para-hydroxylation sites is 2. The molecule has 0 amide bonds. The van der Waals surface area contributed by atoms with Gasteiger partial charge >= 0.3 is 5.16 Å². The van der Waals surface area contributed by atoms with Crippen LogP contribution in [0.2, 0.25) is 0 Å². The number of rotatable bonds is 5. The molecule has 2 aromatic heterocycles. The number of fused-ring (bicyclic) bond motifs is 1. The molecule has 1 unspecified atom stereocenters. The highest BCUT2D eigenvalue weighted by Crippen LogP contribution is 2.22. The Morgan fingerprint density at radius 3 is 2.59 bits per heavy atom. The highest BCUT2D eigenvalue weighted by atomic mass is 32.2. The minimum Gasteiger partial charge on any atom is -0.609 e. The third-order valence-electron chi connectivity index (χ3n) is 4.57. The van der Waals surface area contributed by atoms with Crippen molar-refractivity contribution in [1.82, 2.24) is 14.5 Å². The van der Waals surface area contributed by atoms with Crippen LogP contribution in [0.5, 0.6) is 5.75 Å². The molecular weight excluding hydrogens is 386 g/mol. The molecule has 0 bridgehead atoms. The number of pyridine rings is 1. The Morgan fingerprint density at radius 2 is 1.83 bits per heavy atom. The summed E-state index contributed by atoms with van der Waals surface area (Å²) in [5.41, 5.74) is 2.38. The molecule has 2 aromatic carbocycles. The number of nitrogens with zero attached hydrogens (tertiary/aromatic N) is 3. The second-order valence-electron chi connectivity index (χ2n) is 6.52. The molecule has 1 atom stereocenters. The van der Waals surface area contributed by atoms with Crippen molar-refractivity contribution < 1.29 is 9.29 Å². The van der Waals surface area contributed by atoms with Crippen molar-refractivity contribution in [2.45, 2.75) is 17.8 Å². The Kier molecular flexibility index (Phi) is 5.33. The summed E-state index contributed by atoms with van der Waals surface area (Å²) in [5.74, 6) is 0.799. The van der Waals surface area contributed by atoms with Crippen LogP contribution in [0.15, 0.2) is 76.8 Å². The van der Waals surface area contributed by atoms with Crippen LogP contribution in [0.4, 0.5) is 0 Å². The van der Waals surface area contributed by atoms with Gasteiger partial charge in [-0.15, -0.1) is 0 Å². The first-order chi connectivity index (χ1) is 14.1. The summed E-state index contributed by atoms with van der Waals surface area (Å²) in [5, 5.41) is 0.675. The third kappa shape index (κ3) is 3.74. The molecule has 0 N–H and O–H groups in total. The molecule has 7 heteroatoms. The van der Waals surface area contributed by atoms with Crippen LogP contribution in [0.1, 0.15) is 11.3 Å². The highest BCUT2D eigenvalue weighted by Gasteiger charge is 2.24. The molecule has 6 nitrogen and oxygen atoms in total. The SMILES string of the molecule is COc1cc(C[S+]([O-])c2nc3ccccc3c(=O)n2-c2ccccc2)ncc1C. The smallest absolute Gasteiger partial charge is 0.331 e. The van der Waals surface area contributed by atoms with E-state index in [1.165, 1.54) is 4.57 Å². The van der Waals surface area contributed by atoms with Crippen LogP contribution in [0.25, 0.3) is 16.6 Å². The van der Waals surface area contributed by atoms with E-state index in [4.69, 9.17) is 4.74 Å². The van der Waals surface area contributed by atoms with Gasteiger partial charge in [-0.25, -0.2) is 4.57 Å². The molecule has 0 fully saturated rings. The molecule has 2 heterocycles. The van der Waals surface area contributed by atoms with Crippen LogP contribution in [0, 0.1) is 6.92 Å². The van der Waals surface area contributed by atoms with Crippen molar-refractivity contribution in [2.75, 3.05) is 7.11 Å². The average molecular weight is 405 g/mol. The van der Waals surface area contributed by atoms with E-state index in [0.717, 1.165) is 5.56 Å². The number of aryl methyl sites for hydroxylation is 1. The fraction of sp³-hybridized carbons (Fsp3) is 0.136. The van der Waals surface area contributed by atoms with Gasteiger partial charge in [0.25, 0.3) is 5.56 Å². The van der Waals surface area contributed by atoms with Crippen LogP contribution >= 0.6 is 0 Å². The van der Waals surface area contributed by atoms with E-state index in [-0.39, 0.29) is 16.5 Å². The number of benzene rings is 2. The standard InChI is InChI=1S/C22H19N3O3S/c1-15-13-23-16(12-20(15)28-2)14-29(27)22-24-19-11-7-6-10-18(19)21(26)25(22)17-8-4-3-5-9-17/h3-13H,14H2,1-2H3. The van der Waals surface area contributed by atoms with Gasteiger partial charge in [-0.05, 0) is 31.2 Å². The summed E-state index contributed by atoms with van der Waals surface area (Å²) in [7, 11) is 1.58.